The van der Waals surface area contributed by atoms with Crippen molar-refractivity contribution in [1.29, 1.82) is 0 Å². The molecular formula is C26H24F2N2O2. The lowest BCUT2D eigenvalue weighted by molar-refractivity contribution is -0.119. The Kier molecular flexibility index (Phi) is 5.24. The maximum Gasteiger partial charge on any atom is 0.267 e. The van der Waals surface area contributed by atoms with Crippen molar-refractivity contribution in [2.24, 2.45) is 5.92 Å². The zero-order chi connectivity index (χ0) is 22.3. The van der Waals surface area contributed by atoms with Gasteiger partial charge in [-0.3, -0.25) is 14.6 Å². The van der Waals surface area contributed by atoms with Crippen LogP contribution in [-0.2, 0) is 11.2 Å². The molecule has 1 aromatic heterocycles. The van der Waals surface area contributed by atoms with Crippen molar-refractivity contribution in [3.8, 4) is 0 Å². The molecule has 3 atom stereocenters. The van der Waals surface area contributed by atoms with Gasteiger partial charge < -0.3 is 5.32 Å². The summed E-state index contributed by atoms with van der Waals surface area (Å²) in [5, 5.41) is 4.59. The monoisotopic (exact) mass is 434 g/mol. The summed E-state index contributed by atoms with van der Waals surface area (Å²) < 4.78 is 27.7. The normalized spacial score (nSPS) is 23.8. The lowest BCUT2D eigenvalue weighted by Crippen LogP contribution is -2.43. The molecule has 164 valence electrons. The fourth-order valence-electron chi connectivity index (χ4n) is 4.75. The second-order valence-electron chi connectivity index (χ2n) is 8.95. The summed E-state index contributed by atoms with van der Waals surface area (Å²) >= 11 is 0. The topological polar surface area (TPSA) is 59.1 Å². The number of halogens is 2. The van der Waals surface area contributed by atoms with Gasteiger partial charge in [0.15, 0.2) is 0 Å². The minimum Gasteiger partial charge on any atom is -0.343 e. The van der Waals surface area contributed by atoms with Crippen molar-refractivity contribution in [3.63, 3.8) is 0 Å². The number of carbonyl (C=O) groups is 2. The first-order chi connectivity index (χ1) is 15.4. The molecule has 1 unspecified atom stereocenters. The molecule has 32 heavy (non-hydrogen) atoms. The van der Waals surface area contributed by atoms with Crippen molar-refractivity contribution >= 4 is 22.5 Å². The number of rotatable bonds is 6. The smallest absolute Gasteiger partial charge is 0.267 e. The fraction of sp³-hybridized carbons (Fsp3) is 0.346. The molecule has 3 aromatic rings. The second kappa shape index (κ2) is 8.08. The van der Waals surface area contributed by atoms with Crippen LogP contribution in [0.5, 0.6) is 0 Å². The molecule has 2 aliphatic carbocycles. The largest absolute Gasteiger partial charge is 0.343 e. The van der Waals surface area contributed by atoms with E-state index in [1.165, 1.54) is 0 Å². The van der Waals surface area contributed by atoms with Gasteiger partial charge in [0.05, 0.1) is 6.04 Å². The molecule has 2 saturated carbocycles. The zero-order valence-corrected chi connectivity index (χ0v) is 17.6. The first-order valence-corrected chi connectivity index (χ1v) is 11.0. The molecule has 2 aromatic carbocycles. The first-order valence-electron chi connectivity index (χ1n) is 11.0. The van der Waals surface area contributed by atoms with E-state index < -0.39 is 17.9 Å². The predicted molar refractivity (Wildman–Crippen MR) is 118 cm³/mol. The minimum atomic E-state index is -2.85. The molecule has 1 N–H and O–H groups in total. The SMILES string of the molecule is O=C(NC1CCCC1(F)F)c1cccc([C@@H]2C[C@H]2C(=O)Cc2ccc3cnccc3c2)c1. The molecule has 5 rings (SSSR count). The Labute approximate surface area is 185 Å². The summed E-state index contributed by atoms with van der Waals surface area (Å²) in [6, 6.07) is 13.8. The third-order valence-corrected chi connectivity index (χ3v) is 6.68. The van der Waals surface area contributed by atoms with E-state index in [4.69, 9.17) is 0 Å². The van der Waals surface area contributed by atoms with Crippen LogP contribution in [0.3, 0.4) is 0 Å². The molecule has 2 fully saturated rings. The Bertz CT molecular complexity index is 1190. The number of hydrogen-bond donors (Lipinski definition) is 1. The van der Waals surface area contributed by atoms with Crippen LogP contribution >= 0.6 is 0 Å². The van der Waals surface area contributed by atoms with Crippen molar-refractivity contribution in [2.45, 2.75) is 50.0 Å². The predicted octanol–water partition coefficient (Wildman–Crippen LogP) is 5.07. The number of benzene rings is 2. The summed E-state index contributed by atoms with van der Waals surface area (Å²) in [6.07, 6.45) is 5.19. The minimum absolute atomic E-state index is 0.0689. The number of Topliss-reactive ketones (excluding diaryl/α,β-unsaturated/α-hetero) is 1. The Hall–Kier alpha value is -3.15. The number of hydrogen-bond acceptors (Lipinski definition) is 3. The highest BCUT2D eigenvalue weighted by molar-refractivity contribution is 5.95. The van der Waals surface area contributed by atoms with Gasteiger partial charge in [-0.05, 0) is 59.9 Å². The van der Waals surface area contributed by atoms with Gasteiger partial charge >= 0.3 is 0 Å². The van der Waals surface area contributed by atoms with E-state index in [9.17, 15) is 18.4 Å². The Morgan fingerprint density at radius 3 is 2.78 bits per heavy atom. The average Bonchev–Trinajstić information content (AvgIpc) is 3.53. The number of nitrogens with zero attached hydrogens (tertiary/aromatic N) is 1. The Morgan fingerprint density at radius 2 is 1.97 bits per heavy atom. The van der Waals surface area contributed by atoms with Crippen molar-refractivity contribution in [1.82, 2.24) is 10.3 Å². The summed E-state index contributed by atoms with van der Waals surface area (Å²) in [5.41, 5.74) is 2.26. The standard InChI is InChI=1S/C26H24F2N2O2/c27-26(28)9-2-5-24(26)30-25(32)19-4-1-3-18(13-19)21-14-22(21)23(31)12-16-6-7-20-15-29-10-8-17(20)11-16/h1,3-4,6-8,10-11,13,15,21-22,24H,2,5,9,12,14H2,(H,30,32)/t21-,22+,24?/m0/s1. The number of nitrogens with one attached hydrogen (secondary N) is 1. The highest BCUT2D eigenvalue weighted by atomic mass is 19.3. The number of amides is 1. The molecule has 1 heterocycles. The van der Waals surface area contributed by atoms with E-state index in [0.29, 0.717) is 24.8 Å². The van der Waals surface area contributed by atoms with Crippen molar-refractivity contribution < 1.29 is 18.4 Å². The summed E-state index contributed by atoms with van der Waals surface area (Å²) in [5.74, 6) is -3.13. The van der Waals surface area contributed by atoms with Gasteiger partial charge in [-0.1, -0.05) is 30.3 Å². The van der Waals surface area contributed by atoms with Crippen LogP contribution in [-0.4, -0.2) is 28.6 Å². The van der Waals surface area contributed by atoms with Crippen LogP contribution in [0.4, 0.5) is 8.78 Å². The first kappa shape index (κ1) is 20.7. The van der Waals surface area contributed by atoms with Crippen LogP contribution in [0.15, 0.2) is 60.9 Å². The van der Waals surface area contributed by atoms with Gasteiger partial charge in [0.25, 0.3) is 11.8 Å². The van der Waals surface area contributed by atoms with Gasteiger partial charge in [-0.25, -0.2) is 8.78 Å². The fourth-order valence-corrected chi connectivity index (χ4v) is 4.75. The van der Waals surface area contributed by atoms with E-state index in [-0.39, 0.29) is 24.0 Å². The number of pyridine rings is 1. The van der Waals surface area contributed by atoms with Gasteiger partial charge in [-0.2, -0.15) is 0 Å². The van der Waals surface area contributed by atoms with Crippen LogP contribution in [0.25, 0.3) is 10.8 Å². The van der Waals surface area contributed by atoms with Crippen LogP contribution in [0.2, 0.25) is 0 Å². The molecule has 0 aliphatic heterocycles. The average molecular weight is 434 g/mol. The maximum absolute atomic E-state index is 13.9. The Morgan fingerprint density at radius 1 is 1.09 bits per heavy atom. The maximum atomic E-state index is 13.9. The molecule has 4 nitrogen and oxygen atoms in total. The lowest BCUT2D eigenvalue weighted by Gasteiger charge is -2.20. The van der Waals surface area contributed by atoms with Crippen molar-refractivity contribution in [3.05, 3.63) is 77.6 Å². The zero-order valence-electron chi connectivity index (χ0n) is 17.6. The van der Waals surface area contributed by atoms with E-state index in [2.05, 4.69) is 10.3 Å². The second-order valence-corrected chi connectivity index (χ2v) is 8.95. The molecule has 0 radical (unpaired) electrons. The van der Waals surface area contributed by atoms with E-state index in [1.54, 1.807) is 30.6 Å². The number of carbonyl (C=O) groups excluding carboxylic acids is 2. The quantitative estimate of drug-likeness (QED) is 0.589. The van der Waals surface area contributed by atoms with Gasteiger partial charge in [0.1, 0.15) is 5.78 Å². The number of aromatic nitrogens is 1. The van der Waals surface area contributed by atoms with Gasteiger partial charge in [-0.15, -0.1) is 0 Å². The Balaban J connectivity index is 1.23. The van der Waals surface area contributed by atoms with Gasteiger partial charge in [0.2, 0.25) is 0 Å². The molecular weight excluding hydrogens is 410 g/mol. The van der Waals surface area contributed by atoms with Crippen LogP contribution in [0, 0.1) is 5.92 Å². The highest BCUT2D eigenvalue weighted by Gasteiger charge is 2.45. The summed E-state index contributed by atoms with van der Waals surface area (Å²) in [4.78, 5) is 29.5. The van der Waals surface area contributed by atoms with E-state index >= 15 is 0 Å². The number of ketones is 1. The van der Waals surface area contributed by atoms with Gasteiger partial charge in [0, 0.05) is 42.1 Å². The summed E-state index contributed by atoms with van der Waals surface area (Å²) in [6.45, 7) is 0. The van der Waals surface area contributed by atoms with Crippen molar-refractivity contribution in [2.75, 3.05) is 0 Å². The number of alkyl halides is 2. The van der Waals surface area contributed by atoms with E-state index in [0.717, 1.165) is 28.3 Å². The van der Waals surface area contributed by atoms with Crippen LogP contribution in [0.1, 0.15) is 53.1 Å². The lowest BCUT2D eigenvalue weighted by atomic mass is 10.00. The van der Waals surface area contributed by atoms with E-state index in [1.807, 2.05) is 30.3 Å². The highest BCUT2D eigenvalue weighted by Crippen LogP contribution is 2.48. The van der Waals surface area contributed by atoms with Crippen LogP contribution < -0.4 is 5.32 Å². The third kappa shape index (κ3) is 4.14. The molecule has 6 heteroatoms. The molecule has 2 aliphatic rings. The molecule has 0 saturated heterocycles. The molecule has 1 amide bonds. The summed E-state index contributed by atoms with van der Waals surface area (Å²) in [7, 11) is 0. The number of fused-ring (bicyclic) bond motifs is 1. The molecule has 0 bridgehead atoms. The molecule has 0 spiro atoms. The third-order valence-electron chi connectivity index (χ3n) is 6.68.